The van der Waals surface area contributed by atoms with Crippen molar-refractivity contribution < 1.29 is 17.9 Å². The van der Waals surface area contributed by atoms with E-state index in [1.807, 2.05) is 54.6 Å². The lowest BCUT2D eigenvalue weighted by Gasteiger charge is -2.33. The van der Waals surface area contributed by atoms with Gasteiger partial charge in [0.15, 0.2) is 0 Å². The predicted molar refractivity (Wildman–Crippen MR) is 114 cm³/mol. The SMILES string of the molecule is COc1ccccc1NCC(=O)N1CCN(S(=O)(=O)/C=C/c2ccccc2)CC1. The molecule has 1 aliphatic rings. The first-order valence-corrected chi connectivity index (χ1v) is 10.9. The molecule has 154 valence electrons. The van der Waals surface area contributed by atoms with Gasteiger partial charge < -0.3 is 15.0 Å². The highest BCUT2D eigenvalue weighted by Gasteiger charge is 2.27. The number of rotatable bonds is 7. The van der Waals surface area contributed by atoms with Gasteiger partial charge in [-0.2, -0.15) is 4.31 Å². The zero-order valence-electron chi connectivity index (χ0n) is 16.3. The van der Waals surface area contributed by atoms with Crippen LogP contribution in [0.5, 0.6) is 5.75 Å². The van der Waals surface area contributed by atoms with Crippen LogP contribution in [0.25, 0.3) is 6.08 Å². The molecule has 0 aliphatic carbocycles. The Bertz CT molecular complexity index is 953. The van der Waals surface area contributed by atoms with Crippen LogP contribution in [0.4, 0.5) is 5.69 Å². The summed E-state index contributed by atoms with van der Waals surface area (Å²) in [5.74, 6) is 0.592. The van der Waals surface area contributed by atoms with Crippen LogP contribution in [0.2, 0.25) is 0 Å². The number of anilines is 1. The number of nitrogens with one attached hydrogen (secondary N) is 1. The van der Waals surface area contributed by atoms with Crippen LogP contribution < -0.4 is 10.1 Å². The molecular formula is C21H25N3O4S. The van der Waals surface area contributed by atoms with E-state index in [0.29, 0.717) is 18.8 Å². The van der Waals surface area contributed by atoms with E-state index in [1.54, 1.807) is 18.1 Å². The summed E-state index contributed by atoms with van der Waals surface area (Å²) in [5.41, 5.74) is 1.57. The normalized spacial score (nSPS) is 15.4. The number of ether oxygens (including phenoxy) is 1. The van der Waals surface area contributed by atoms with Gasteiger partial charge >= 0.3 is 0 Å². The third-order valence-corrected chi connectivity index (χ3v) is 6.29. The molecule has 0 saturated carbocycles. The minimum atomic E-state index is -3.51. The first-order valence-electron chi connectivity index (χ1n) is 9.37. The summed E-state index contributed by atoms with van der Waals surface area (Å²) in [4.78, 5) is 14.2. The zero-order valence-corrected chi connectivity index (χ0v) is 17.1. The van der Waals surface area contributed by atoms with Crippen molar-refractivity contribution in [3.63, 3.8) is 0 Å². The molecule has 7 nitrogen and oxygen atoms in total. The summed E-state index contributed by atoms with van der Waals surface area (Å²) in [5, 5.41) is 4.31. The Morgan fingerprint density at radius 1 is 1.03 bits per heavy atom. The highest BCUT2D eigenvalue weighted by molar-refractivity contribution is 7.92. The lowest BCUT2D eigenvalue weighted by atomic mass is 10.2. The van der Waals surface area contributed by atoms with Crippen molar-refractivity contribution in [1.29, 1.82) is 0 Å². The molecule has 8 heteroatoms. The number of hydrogen-bond acceptors (Lipinski definition) is 5. The molecule has 0 aromatic heterocycles. The molecule has 1 N–H and O–H groups in total. The van der Waals surface area contributed by atoms with E-state index in [0.717, 1.165) is 11.3 Å². The van der Waals surface area contributed by atoms with E-state index in [-0.39, 0.29) is 25.5 Å². The van der Waals surface area contributed by atoms with Gasteiger partial charge in [0.25, 0.3) is 0 Å². The Kier molecular flexibility index (Phi) is 6.90. The van der Waals surface area contributed by atoms with Gasteiger partial charge in [-0.15, -0.1) is 0 Å². The fourth-order valence-electron chi connectivity index (χ4n) is 3.08. The molecule has 29 heavy (non-hydrogen) atoms. The first kappa shape index (κ1) is 20.9. The highest BCUT2D eigenvalue weighted by atomic mass is 32.2. The number of amides is 1. The van der Waals surface area contributed by atoms with Crippen LogP contribution in [0.3, 0.4) is 0 Å². The van der Waals surface area contributed by atoms with Crippen molar-refractivity contribution in [1.82, 2.24) is 9.21 Å². The quantitative estimate of drug-likeness (QED) is 0.750. The average molecular weight is 416 g/mol. The van der Waals surface area contributed by atoms with Gasteiger partial charge in [-0.3, -0.25) is 4.79 Å². The third kappa shape index (κ3) is 5.58. The Labute approximate surface area is 171 Å². The number of sulfonamides is 1. The zero-order chi connectivity index (χ0) is 20.7. The van der Waals surface area contributed by atoms with Gasteiger partial charge in [0, 0.05) is 31.6 Å². The number of carbonyl (C=O) groups is 1. The number of methoxy groups -OCH3 is 1. The molecule has 0 bridgehead atoms. The second-order valence-electron chi connectivity index (χ2n) is 6.59. The van der Waals surface area contributed by atoms with Gasteiger partial charge in [0.2, 0.25) is 15.9 Å². The van der Waals surface area contributed by atoms with Gasteiger partial charge in [0.1, 0.15) is 5.75 Å². The van der Waals surface area contributed by atoms with Gasteiger partial charge in [-0.1, -0.05) is 42.5 Å². The summed E-state index contributed by atoms with van der Waals surface area (Å²) in [6.07, 6.45) is 1.59. The smallest absolute Gasteiger partial charge is 0.241 e. The monoisotopic (exact) mass is 415 g/mol. The van der Waals surface area contributed by atoms with E-state index in [1.165, 1.54) is 9.71 Å². The van der Waals surface area contributed by atoms with E-state index in [9.17, 15) is 13.2 Å². The summed E-state index contributed by atoms with van der Waals surface area (Å²) >= 11 is 0. The Morgan fingerprint density at radius 2 is 1.69 bits per heavy atom. The maximum atomic E-state index is 12.5. The van der Waals surface area contributed by atoms with Gasteiger partial charge in [-0.05, 0) is 23.8 Å². The predicted octanol–water partition coefficient (Wildman–Crippen LogP) is 2.25. The molecule has 2 aromatic carbocycles. The molecule has 1 amide bonds. The first-order chi connectivity index (χ1) is 14.0. The summed E-state index contributed by atoms with van der Waals surface area (Å²) in [6.45, 7) is 1.42. The second-order valence-corrected chi connectivity index (χ2v) is 8.41. The molecule has 0 spiro atoms. The minimum Gasteiger partial charge on any atom is -0.495 e. The molecule has 3 rings (SSSR count). The number of hydrogen-bond donors (Lipinski definition) is 1. The van der Waals surface area contributed by atoms with E-state index >= 15 is 0 Å². The molecular weight excluding hydrogens is 390 g/mol. The highest BCUT2D eigenvalue weighted by Crippen LogP contribution is 2.22. The molecule has 1 aliphatic heterocycles. The second kappa shape index (κ2) is 9.58. The van der Waals surface area contributed by atoms with Crippen molar-refractivity contribution in [2.24, 2.45) is 0 Å². The average Bonchev–Trinajstić information content (AvgIpc) is 2.77. The van der Waals surface area contributed by atoms with Crippen molar-refractivity contribution in [2.75, 3.05) is 45.2 Å². The summed E-state index contributed by atoms with van der Waals surface area (Å²) in [7, 11) is -1.93. The van der Waals surface area contributed by atoms with Crippen molar-refractivity contribution in [2.45, 2.75) is 0 Å². The van der Waals surface area contributed by atoms with E-state index < -0.39 is 10.0 Å². The molecule has 1 heterocycles. The van der Waals surface area contributed by atoms with Crippen LogP contribution in [-0.4, -0.2) is 63.4 Å². The topological polar surface area (TPSA) is 79.0 Å². The molecule has 1 saturated heterocycles. The van der Waals surface area contributed by atoms with Crippen molar-refractivity contribution in [3.05, 3.63) is 65.6 Å². The molecule has 2 aromatic rings. The molecule has 0 radical (unpaired) electrons. The molecule has 1 fully saturated rings. The lowest BCUT2D eigenvalue weighted by Crippen LogP contribution is -2.51. The molecule has 0 atom stereocenters. The minimum absolute atomic E-state index is 0.0761. The fraction of sp³-hybridized carbons (Fsp3) is 0.286. The Hall–Kier alpha value is -2.84. The Balaban J connectivity index is 1.51. The summed E-state index contributed by atoms with van der Waals surface area (Å²) < 4.78 is 31.7. The van der Waals surface area contributed by atoms with E-state index in [2.05, 4.69) is 5.32 Å². The van der Waals surface area contributed by atoms with Crippen LogP contribution in [-0.2, 0) is 14.8 Å². The van der Waals surface area contributed by atoms with Crippen LogP contribution in [0, 0.1) is 0 Å². The third-order valence-electron chi connectivity index (χ3n) is 4.72. The molecule has 0 unspecified atom stereocenters. The summed E-state index contributed by atoms with van der Waals surface area (Å²) in [6, 6.07) is 16.7. The number of benzene rings is 2. The van der Waals surface area contributed by atoms with Gasteiger partial charge in [-0.25, -0.2) is 8.42 Å². The Morgan fingerprint density at radius 3 is 2.38 bits per heavy atom. The fourth-order valence-corrected chi connectivity index (χ4v) is 4.25. The largest absolute Gasteiger partial charge is 0.495 e. The number of para-hydroxylation sites is 2. The van der Waals surface area contributed by atoms with Crippen LogP contribution in [0.15, 0.2) is 60.0 Å². The maximum Gasteiger partial charge on any atom is 0.241 e. The number of piperazine rings is 1. The number of carbonyl (C=O) groups excluding carboxylic acids is 1. The standard InChI is InChI=1S/C21H25N3O4S/c1-28-20-10-6-5-9-19(20)22-17-21(25)23-12-14-24(15-13-23)29(26,27)16-11-18-7-3-2-4-8-18/h2-11,16,22H,12-15,17H2,1H3/b16-11+. The van der Waals surface area contributed by atoms with Crippen molar-refractivity contribution in [3.8, 4) is 5.75 Å². The van der Waals surface area contributed by atoms with Gasteiger partial charge in [0.05, 0.1) is 19.3 Å². The van der Waals surface area contributed by atoms with Crippen LogP contribution in [0.1, 0.15) is 5.56 Å². The van der Waals surface area contributed by atoms with Crippen molar-refractivity contribution >= 4 is 27.7 Å². The van der Waals surface area contributed by atoms with Crippen LogP contribution >= 0.6 is 0 Å². The lowest BCUT2D eigenvalue weighted by molar-refractivity contribution is -0.130. The van der Waals surface area contributed by atoms with E-state index in [4.69, 9.17) is 4.74 Å². The number of nitrogens with zero attached hydrogens (tertiary/aromatic N) is 2. The maximum absolute atomic E-state index is 12.5.